The normalized spacial score (nSPS) is 10.4. The fraction of sp³-hybridized carbons (Fsp3) is 0.231. The molecule has 0 bridgehead atoms. The van der Waals surface area contributed by atoms with E-state index in [0.29, 0.717) is 16.9 Å². The smallest absolute Gasteiger partial charge is 0.258 e. The number of nitrogen functional groups attached to an aromatic ring is 1. The number of nitrogens with one attached hydrogen (secondary N) is 1. The Kier molecular flexibility index (Phi) is 3.06. The number of nitrogens with two attached hydrogens (primary N) is 1. The van der Waals surface area contributed by atoms with Crippen molar-refractivity contribution in [2.24, 2.45) is 7.05 Å². The molecule has 0 aliphatic rings. The van der Waals surface area contributed by atoms with Crippen molar-refractivity contribution in [3.63, 3.8) is 0 Å². The highest BCUT2D eigenvalue weighted by Gasteiger charge is 2.14. The highest BCUT2D eigenvalue weighted by molar-refractivity contribution is 6.08. The predicted octanol–water partition coefficient (Wildman–Crippen LogP) is 1.87. The molecule has 0 spiro atoms. The Labute approximate surface area is 106 Å². The number of hydrogen-bond acceptors (Lipinski definition) is 3. The van der Waals surface area contributed by atoms with E-state index in [0.717, 1.165) is 11.3 Å². The van der Waals surface area contributed by atoms with E-state index in [1.54, 1.807) is 16.9 Å². The molecular weight excluding hydrogens is 228 g/mol. The Morgan fingerprint density at radius 3 is 2.67 bits per heavy atom. The van der Waals surface area contributed by atoms with Crippen molar-refractivity contribution in [3.8, 4) is 0 Å². The van der Waals surface area contributed by atoms with Crippen molar-refractivity contribution in [1.29, 1.82) is 0 Å². The van der Waals surface area contributed by atoms with Gasteiger partial charge >= 0.3 is 0 Å². The number of aromatic nitrogens is 2. The van der Waals surface area contributed by atoms with E-state index in [2.05, 4.69) is 10.4 Å². The van der Waals surface area contributed by atoms with Crippen LogP contribution in [0.3, 0.4) is 0 Å². The molecule has 0 unspecified atom stereocenters. The van der Waals surface area contributed by atoms with E-state index < -0.39 is 0 Å². The van der Waals surface area contributed by atoms with Crippen LogP contribution in [0.25, 0.3) is 0 Å². The number of aryl methyl sites for hydroxylation is 3. The van der Waals surface area contributed by atoms with Crippen LogP contribution in [0.1, 0.15) is 21.6 Å². The lowest BCUT2D eigenvalue weighted by Crippen LogP contribution is -2.15. The molecule has 2 rings (SSSR count). The van der Waals surface area contributed by atoms with Crippen LogP contribution in [0.2, 0.25) is 0 Å². The van der Waals surface area contributed by atoms with Crippen LogP contribution in [0.5, 0.6) is 0 Å². The molecule has 5 nitrogen and oxygen atoms in total. The van der Waals surface area contributed by atoms with Crippen molar-refractivity contribution >= 4 is 17.3 Å². The monoisotopic (exact) mass is 244 g/mol. The van der Waals surface area contributed by atoms with Gasteiger partial charge in [0.25, 0.3) is 5.91 Å². The zero-order valence-electron chi connectivity index (χ0n) is 10.7. The summed E-state index contributed by atoms with van der Waals surface area (Å²) in [5.74, 6) is -0.207. The summed E-state index contributed by atoms with van der Waals surface area (Å²) >= 11 is 0. The van der Waals surface area contributed by atoms with Crippen molar-refractivity contribution < 1.29 is 4.79 Å². The highest BCUT2D eigenvalue weighted by Crippen LogP contribution is 2.19. The van der Waals surface area contributed by atoms with Crippen molar-refractivity contribution in [2.75, 3.05) is 11.1 Å². The summed E-state index contributed by atoms with van der Waals surface area (Å²) < 4.78 is 1.66. The molecule has 1 aromatic heterocycles. The maximum Gasteiger partial charge on any atom is 0.258 e. The van der Waals surface area contributed by atoms with Gasteiger partial charge in [0.1, 0.15) is 0 Å². The van der Waals surface area contributed by atoms with Crippen LogP contribution in [0.15, 0.2) is 24.4 Å². The molecule has 0 fully saturated rings. The number of amides is 1. The van der Waals surface area contributed by atoms with Gasteiger partial charge in [0.15, 0.2) is 0 Å². The zero-order valence-corrected chi connectivity index (χ0v) is 10.7. The minimum atomic E-state index is -0.207. The molecule has 2 aromatic rings. The molecular formula is C13H16N4O. The molecule has 1 amide bonds. The second-order valence-electron chi connectivity index (χ2n) is 4.30. The molecule has 94 valence electrons. The van der Waals surface area contributed by atoms with Crippen LogP contribution in [-0.4, -0.2) is 15.7 Å². The number of nitrogens with zero attached hydrogens (tertiary/aromatic N) is 2. The fourth-order valence-electron chi connectivity index (χ4n) is 1.91. The Morgan fingerprint density at radius 2 is 2.11 bits per heavy atom. The SMILES string of the molecule is Cc1cccc(N)c1C(=O)Nc1cn(C)nc1C. The van der Waals surface area contributed by atoms with Crippen molar-refractivity contribution in [3.05, 3.63) is 41.2 Å². The Bertz CT molecular complexity index is 581. The fourth-order valence-corrected chi connectivity index (χ4v) is 1.91. The van der Waals surface area contributed by atoms with Crippen LogP contribution < -0.4 is 11.1 Å². The molecule has 0 aliphatic carbocycles. The van der Waals surface area contributed by atoms with Gasteiger partial charge in [-0.05, 0) is 25.5 Å². The first kappa shape index (κ1) is 12.2. The molecule has 18 heavy (non-hydrogen) atoms. The first-order valence-electron chi connectivity index (χ1n) is 5.65. The molecule has 5 heteroatoms. The lowest BCUT2D eigenvalue weighted by atomic mass is 10.1. The van der Waals surface area contributed by atoms with Gasteiger partial charge in [-0.3, -0.25) is 9.48 Å². The summed E-state index contributed by atoms with van der Waals surface area (Å²) in [5, 5.41) is 7.00. The number of anilines is 2. The van der Waals surface area contributed by atoms with Gasteiger partial charge in [0.05, 0.1) is 16.9 Å². The summed E-state index contributed by atoms with van der Waals surface area (Å²) in [6, 6.07) is 5.41. The maximum absolute atomic E-state index is 12.2. The third-order valence-electron chi connectivity index (χ3n) is 2.79. The quantitative estimate of drug-likeness (QED) is 0.792. The van der Waals surface area contributed by atoms with E-state index in [4.69, 9.17) is 5.73 Å². The molecule has 1 aromatic carbocycles. The van der Waals surface area contributed by atoms with Gasteiger partial charge in [0.2, 0.25) is 0 Å². The number of carbonyl (C=O) groups is 1. The molecule has 0 atom stereocenters. The van der Waals surface area contributed by atoms with Crippen LogP contribution in [-0.2, 0) is 7.05 Å². The molecule has 3 N–H and O–H groups in total. The van der Waals surface area contributed by atoms with Gasteiger partial charge in [-0.2, -0.15) is 5.10 Å². The van der Waals surface area contributed by atoms with E-state index in [1.165, 1.54) is 0 Å². The lowest BCUT2D eigenvalue weighted by molar-refractivity contribution is 0.102. The summed E-state index contributed by atoms with van der Waals surface area (Å²) in [7, 11) is 1.81. The molecule has 0 radical (unpaired) electrons. The van der Waals surface area contributed by atoms with Crippen LogP contribution in [0, 0.1) is 13.8 Å². The van der Waals surface area contributed by atoms with Gasteiger partial charge in [-0.15, -0.1) is 0 Å². The average molecular weight is 244 g/mol. The number of benzene rings is 1. The molecule has 0 saturated carbocycles. The van der Waals surface area contributed by atoms with Crippen molar-refractivity contribution in [2.45, 2.75) is 13.8 Å². The van der Waals surface area contributed by atoms with E-state index >= 15 is 0 Å². The molecule has 1 heterocycles. The standard InChI is InChI=1S/C13H16N4O/c1-8-5-4-6-10(14)12(8)13(18)15-11-7-17(3)16-9(11)2/h4-7H,14H2,1-3H3,(H,15,18). The maximum atomic E-state index is 12.2. The lowest BCUT2D eigenvalue weighted by Gasteiger charge is -2.09. The van der Waals surface area contributed by atoms with Crippen LogP contribution >= 0.6 is 0 Å². The third kappa shape index (κ3) is 2.20. The largest absolute Gasteiger partial charge is 0.398 e. The topological polar surface area (TPSA) is 72.9 Å². The molecule has 0 aliphatic heterocycles. The van der Waals surface area contributed by atoms with Crippen LogP contribution in [0.4, 0.5) is 11.4 Å². The third-order valence-corrected chi connectivity index (χ3v) is 2.79. The Hall–Kier alpha value is -2.30. The number of rotatable bonds is 2. The van der Waals surface area contributed by atoms with Crippen molar-refractivity contribution in [1.82, 2.24) is 9.78 Å². The Balaban J connectivity index is 2.30. The van der Waals surface area contributed by atoms with Gasteiger partial charge in [0, 0.05) is 18.9 Å². The summed E-state index contributed by atoms with van der Waals surface area (Å²) in [5.41, 5.74) is 9.16. The van der Waals surface area contributed by atoms with Gasteiger partial charge in [-0.25, -0.2) is 0 Å². The summed E-state index contributed by atoms with van der Waals surface area (Å²) in [6.45, 7) is 3.71. The average Bonchev–Trinajstić information content (AvgIpc) is 2.57. The first-order valence-corrected chi connectivity index (χ1v) is 5.65. The van der Waals surface area contributed by atoms with E-state index in [9.17, 15) is 4.79 Å². The highest BCUT2D eigenvalue weighted by atomic mass is 16.1. The number of carbonyl (C=O) groups excluding carboxylic acids is 1. The summed E-state index contributed by atoms with van der Waals surface area (Å²) in [4.78, 5) is 12.2. The van der Waals surface area contributed by atoms with Gasteiger partial charge < -0.3 is 11.1 Å². The second kappa shape index (κ2) is 4.52. The zero-order chi connectivity index (χ0) is 13.3. The molecule has 0 saturated heterocycles. The van der Waals surface area contributed by atoms with E-state index in [-0.39, 0.29) is 5.91 Å². The number of hydrogen-bond donors (Lipinski definition) is 2. The van der Waals surface area contributed by atoms with Gasteiger partial charge in [-0.1, -0.05) is 12.1 Å². The van der Waals surface area contributed by atoms with E-state index in [1.807, 2.05) is 33.0 Å². The summed E-state index contributed by atoms with van der Waals surface area (Å²) in [6.07, 6.45) is 1.77. The first-order chi connectivity index (χ1) is 8.49. The predicted molar refractivity (Wildman–Crippen MR) is 71.5 cm³/mol. The minimum absolute atomic E-state index is 0.207. The minimum Gasteiger partial charge on any atom is -0.398 e. The second-order valence-corrected chi connectivity index (χ2v) is 4.30. The Morgan fingerprint density at radius 1 is 1.39 bits per heavy atom.